The number of hydrogen-bond acceptors (Lipinski definition) is 3. The first kappa shape index (κ1) is 13.9. The molecule has 0 saturated carbocycles. The van der Waals surface area contributed by atoms with Gasteiger partial charge in [0, 0.05) is 40.8 Å². The molecule has 0 amide bonds. The van der Waals surface area contributed by atoms with Crippen molar-refractivity contribution in [2.75, 3.05) is 0 Å². The summed E-state index contributed by atoms with van der Waals surface area (Å²) >= 11 is 1.62. The Bertz CT molecular complexity index is 710. The van der Waals surface area contributed by atoms with Crippen LogP contribution in [0.5, 0.6) is 0 Å². The van der Waals surface area contributed by atoms with Gasteiger partial charge >= 0.3 is 0 Å². The van der Waals surface area contributed by atoms with Crippen molar-refractivity contribution in [2.24, 2.45) is 0 Å². The molecular weight excluding hydrogens is 283 g/mol. The Morgan fingerprint density at radius 2 is 1.90 bits per heavy atom. The second-order valence-electron chi connectivity index (χ2n) is 4.71. The summed E-state index contributed by atoms with van der Waals surface area (Å²) in [4.78, 5) is 6.24. The smallest absolute Gasteiger partial charge is 0.131 e. The molecule has 0 radical (unpaired) electrons. The van der Waals surface area contributed by atoms with Gasteiger partial charge in [-0.05, 0) is 29.8 Å². The van der Waals surface area contributed by atoms with Crippen LogP contribution in [0.2, 0.25) is 0 Å². The van der Waals surface area contributed by atoms with Crippen molar-refractivity contribution < 1.29 is 4.39 Å². The summed E-state index contributed by atoms with van der Waals surface area (Å²) in [5, 5.41) is 3.37. The first-order valence-corrected chi connectivity index (χ1v) is 7.58. The monoisotopic (exact) mass is 298 g/mol. The van der Waals surface area contributed by atoms with Gasteiger partial charge < -0.3 is 5.32 Å². The van der Waals surface area contributed by atoms with E-state index < -0.39 is 0 Å². The van der Waals surface area contributed by atoms with Crippen LogP contribution >= 0.6 is 11.3 Å². The minimum absolute atomic E-state index is 0.172. The number of rotatable bonds is 5. The third-order valence-corrected chi connectivity index (χ3v) is 4.27. The number of aromatic nitrogens is 1. The number of nitrogens with zero attached hydrogens (tertiary/aromatic N) is 1. The molecule has 0 aliphatic carbocycles. The predicted octanol–water partition coefficient (Wildman–Crippen LogP) is 4.24. The molecule has 0 unspecified atom stereocenters. The van der Waals surface area contributed by atoms with E-state index in [1.165, 1.54) is 10.9 Å². The highest BCUT2D eigenvalue weighted by atomic mass is 32.1. The first-order chi connectivity index (χ1) is 10.3. The largest absolute Gasteiger partial charge is 0.308 e. The van der Waals surface area contributed by atoms with E-state index in [9.17, 15) is 4.39 Å². The van der Waals surface area contributed by atoms with Crippen LogP contribution in [0.4, 0.5) is 4.39 Å². The van der Waals surface area contributed by atoms with Gasteiger partial charge in [0.1, 0.15) is 5.82 Å². The van der Waals surface area contributed by atoms with Crippen molar-refractivity contribution >= 4 is 11.3 Å². The molecule has 106 valence electrons. The summed E-state index contributed by atoms with van der Waals surface area (Å²) in [6.45, 7) is 1.55. The number of halogens is 1. The number of hydrogen-bond donors (Lipinski definition) is 1. The Morgan fingerprint density at radius 1 is 1.00 bits per heavy atom. The summed E-state index contributed by atoms with van der Waals surface area (Å²) in [5.74, 6) is -0.172. The normalized spacial score (nSPS) is 10.7. The lowest BCUT2D eigenvalue weighted by atomic mass is 10.2. The SMILES string of the molecule is Fc1ccccc1-c1ccc(CNCc2cccnc2)s1. The molecule has 0 fully saturated rings. The number of nitrogens with one attached hydrogen (secondary N) is 1. The van der Waals surface area contributed by atoms with E-state index in [2.05, 4.69) is 10.3 Å². The van der Waals surface area contributed by atoms with Crippen molar-refractivity contribution in [3.63, 3.8) is 0 Å². The zero-order valence-electron chi connectivity index (χ0n) is 11.4. The molecule has 1 aromatic carbocycles. The van der Waals surface area contributed by atoms with E-state index in [4.69, 9.17) is 0 Å². The van der Waals surface area contributed by atoms with Crippen LogP contribution < -0.4 is 5.32 Å². The standard InChI is InChI=1S/C17H15FN2S/c18-16-6-2-1-5-15(16)17-8-7-14(21-17)12-20-11-13-4-3-9-19-10-13/h1-10,20H,11-12H2. The van der Waals surface area contributed by atoms with Crippen LogP contribution in [0.3, 0.4) is 0 Å². The van der Waals surface area contributed by atoms with Gasteiger partial charge in [-0.3, -0.25) is 4.98 Å². The highest BCUT2D eigenvalue weighted by molar-refractivity contribution is 7.15. The molecule has 0 bridgehead atoms. The quantitative estimate of drug-likeness (QED) is 0.762. The molecule has 21 heavy (non-hydrogen) atoms. The van der Waals surface area contributed by atoms with Gasteiger partial charge in [-0.1, -0.05) is 24.3 Å². The lowest BCUT2D eigenvalue weighted by Gasteiger charge is -2.02. The number of thiophene rings is 1. The molecular formula is C17H15FN2S. The number of pyridine rings is 1. The van der Waals surface area contributed by atoms with Crippen molar-refractivity contribution in [1.82, 2.24) is 10.3 Å². The fourth-order valence-corrected chi connectivity index (χ4v) is 3.12. The van der Waals surface area contributed by atoms with Crippen LogP contribution in [0, 0.1) is 5.82 Å². The van der Waals surface area contributed by atoms with E-state index >= 15 is 0 Å². The molecule has 4 heteroatoms. The molecule has 2 nitrogen and oxygen atoms in total. The average molecular weight is 298 g/mol. The van der Waals surface area contributed by atoms with Crippen LogP contribution in [0.1, 0.15) is 10.4 Å². The van der Waals surface area contributed by atoms with Gasteiger partial charge in [-0.2, -0.15) is 0 Å². The third-order valence-electron chi connectivity index (χ3n) is 3.15. The summed E-state index contributed by atoms with van der Waals surface area (Å²) < 4.78 is 13.7. The fraction of sp³-hybridized carbons (Fsp3) is 0.118. The van der Waals surface area contributed by atoms with E-state index in [-0.39, 0.29) is 5.82 Å². The summed E-state index contributed by atoms with van der Waals surface area (Å²) in [6.07, 6.45) is 3.62. The van der Waals surface area contributed by atoms with E-state index in [0.29, 0.717) is 5.56 Å². The van der Waals surface area contributed by atoms with Crippen LogP contribution in [-0.2, 0) is 13.1 Å². The minimum Gasteiger partial charge on any atom is -0.308 e. The first-order valence-electron chi connectivity index (χ1n) is 6.76. The van der Waals surface area contributed by atoms with Crippen molar-refractivity contribution in [2.45, 2.75) is 13.1 Å². The zero-order valence-corrected chi connectivity index (χ0v) is 12.2. The molecule has 2 aromatic heterocycles. The van der Waals surface area contributed by atoms with E-state index in [1.54, 1.807) is 23.6 Å². The average Bonchev–Trinajstić information content (AvgIpc) is 2.97. The second kappa shape index (κ2) is 6.61. The Balaban J connectivity index is 1.62. The van der Waals surface area contributed by atoms with Crippen molar-refractivity contribution in [1.29, 1.82) is 0 Å². The van der Waals surface area contributed by atoms with Gasteiger partial charge in [0.05, 0.1) is 0 Å². The lowest BCUT2D eigenvalue weighted by Crippen LogP contribution is -2.11. The third kappa shape index (κ3) is 3.54. The molecule has 2 heterocycles. The zero-order chi connectivity index (χ0) is 14.5. The van der Waals surface area contributed by atoms with Crippen molar-refractivity contribution in [3.05, 3.63) is 77.2 Å². The molecule has 1 N–H and O–H groups in total. The van der Waals surface area contributed by atoms with Gasteiger partial charge in [0.25, 0.3) is 0 Å². The van der Waals surface area contributed by atoms with E-state index in [0.717, 1.165) is 23.5 Å². The van der Waals surface area contributed by atoms with Crippen LogP contribution in [-0.4, -0.2) is 4.98 Å². The summed E-state index contributed by atoms with van der Waals surface area (Å²) in [5.41, 5.74) is 1.82. The molecule has 3 aromatic rings. The maximum Gasteiger partial charge on any atom is 0.131 e. The maximum atomic E-state index is 13.7. The van der Waals surface area contributed by atoms with Gasteiger partial charge in [-0.15, -0.1) is 11.3 Å². The molecule has 0 spiro atoms. The topological polar surface area (TPSA) is 24.9 Å². The second-order valence-corrected chi connectivity index (χ2v) is 5.88. The highest BCUT2D eigenvalue weighted by Gasteiger charge is 2.07. The van der Waals surface area contributed by atoms with Gasteiger partial charge in [0.15, 0.2) is 0 Å². The molecule has 0 aliphatic heterocycles. The Morgan fingerprint density at radius 3 is 2.71 bits per heavy atom. The molecule has 3 rings (SSSR count). The maximum absolute atomic E-state index is 13.7. The van der Waals surface area contributed by atoms with Crippen molar-refractivity contribution in [3.8, 4) is 10.4 Å². The molecule has 0 saturated heterocycles. The predicted molar refractivity (Wildman–Crippen MR) is 84.5 cm³/mol. The Labute approximate surface area is 127 Å². The minimum atomic E-state index is -0.172. The highest BCUT2D eigenvalue weighted by Crippen LogP contribution is 2.29. The lowest BCUT2D eigenvalue weighted by molar-refractivity contribution is 0.631. The number of benzene rings is 1. The summed E-state index contributed by atoms with van der Waals surface area (Å²) in [7, 11) is 0. The van der Waals surface area contributed by atoms with Crippen LogP contribution in [0.25, 0.3) is 10.4 Å². The van der Waals surface area contributed by atoms with Crippen LogP contribution in [0.15, 0.2) is 60.9 Å². The molecule has 0 atom stereocenters. The van der Waals surface area contributed by atoms with Gasteiger partial charge in [0.2, 0.25) is 0 Å². The van der Waals surface area contributed by atoms with Gasteiger partial charge in [-0.25, -0.2) is 4.39 Å². The fourth-order valence-electron chi connectivity index (χ4n) is 2.11. The molecule has 0 aliphatic rings. The Hall–Kier alpha value is -2.04. The summed E-state index contributed by atoms with van der Waals surface area (Å²) in [6, 6.07) is 14.9. The Kier molecular flexibility index (Phi) is 4.38. The van der Waals surface area contributed by atoms with E-state index in [1.807, 2.05) is 42.6 Å².